The van der Waals surface area contributed by atoms with Crippen LogP contribution in [-0.2, 0) is 13.0 Å². The monoisotopic (exact) mass is 277 g/mol. The van der Waals surface area contributed by atoms with E-state index in [1.54, 1.807) is 0 Å². The van der Waals surface area contributed by atoms with Gasteiger partial charge in [-0.25, -0.2) is 0 Å². The first-order valence-electron chi connectivity index (χ1n) is 7.62. The van der Waals surface area contributed by atoms with Crippen molar-refractivity contribution >= 4 is 10.9 Å². The summed E-state index contributed by atoms with van der Waals surface area (Å²) >= 11 is 0. The molecule has 106 valence electrons. The highest BCUT2D eigenvalue weighted by Crippen LogP contribution is 2.33. The third kappa shape index (κ3) is 1.96. The number of fused-ring (bicyclic) bond motifs is 3. The number of hydrogen-bond acceptors (Lipinski definition) is 2. The molecule has 4 rings (SSSR count). The summed E-state index contributed by atoms with van der Waals surface area (Å²) in [5, 5.41) is 1.39. The predicted molar refractivity (Wildman–Crippen MR) is 85.7 cm³/mol. The van der Waals surface area contributed by atoms with Crippen molar-refractivity contribution in [2.24, 2.45) is 0 Å². The molecule has 0 aliphatic carbocycles. The van der Waals surface area contributed by atoms with E-state index >= 15 is 0 Å². The molecule has 0 saturated heterocycles. The van der Waals surface area contributed by atoms with Gasteiger partial charge in [-0.3, -0.25) is 9.88 Å². The van der Waals surface area contributed by atoms with Crippen molar-refractivity contribution in [2.75, 3.05) is 13.1 Å². The zero-order valence-electron chi connectivity index (χ0n) is 12.3. The van der Waals surface area contributed by atoms with Gasteiger partial charge in [0.15, 0.2) is 0 Å². The van der Waals surface area contributed by atoms with Crippen LogP contribution in [0.2, 0.25) is 0 Å². The van der Waals surface area contributed by atoms with E-state index in [4.69, 9.17) is 0 Å². The van der Waals surface area contributed by atoms with Gasteiger partial charge in [0.25, 0.3) is 0 Å². The lowest BCUT2D eigenvalue weighted by Crippen LogP contribution is -2.30. The molecule has 0 atom stereocenters. The van der Waals surface area contributed by atoms with Gasteiger partial charge in [0.2, 0.25) is 0 Å². The van der Waals surface area contributed by atoms with Gasteiger partial charge in [-0.15, -0.1) is 0 Å². The van der Waals surface area contributed by atoms with Crippen LogP contribution in [-0.4, -0.2) is 27.5 Å². The Balaban J connectivity index is 1.99. The summed E-state index contributed by atoms with van der Waals surface area (Å²) in [6.45, 7) is 5.57. The Kier molecular flexibility index (Phi) is 3.00. The average molecular weight is 277 g/mol. The number of hydrogen-bond donors (Lipinski definition) is 0. The largest absolute Gasteiger partial charge is 0.313 e. The van der Waals surface area contributed by atoms with Crippen molar-refractivity contribution in [1.29, 1.82) is 0 Å². The van der Waals surface area contributed by atoms with E-state index in [1.165, 1.54) is 27.8 Å². The highest BCUT2D eigenvalue weighted by molar-refractivity contribution is 5.87. The topological polar surface area (TPSA) is 21.1 Å². The van der Waals surface area contributed by atoms with Gasteiger partial charge in [0.1, 0.15) is 0 Å². The normalized spacial score (nSPS) is 15.3. The first-order valence-corrected chi connectivity index (χ1v) is 7.62. The first kappa shape index (κ1) is 12.6. The van der Waals surface area contributed by atoms with Gasteiger partial charge in [-0.2, -0.15) is 0 Å². The van der Waals surface area contributed by atoms with E-state index in [0.717, 1.165) is 26.1 Å². The van der Waals surface area contributed by atoms with Crippen LogP contribution in [0, 0.1) is 0 Å². The van der Waals surface area contributed by atoms with Crippen LogP contribution in [0.1, 0.15) is 18.2 Å². The van der Waals surface area contributed by atoms with E-state index in [9.17, 15) is 0 Å². The third-order valence-corrected chi connectivity index (χ3v) is 4.50. The molecule has 21 heavy (non-hydrogen) atoms. The maximum absolute atomic E-state index is 4.15. The summed E-state index contributed by atoms with van der Waals surface area (Å²) in [6, 6.07) is 12.9. The fourth-order valence-corrected chi connectivity index (χ4v) is 3.42. The maximum atomic E-state index is 4.15. The lowest BCUT2D eigenvalue weighted by Gasteiger charge is -2.26. The van der Waals surface area contributed by atoms with Gasteiger partial charge in [-0.1, -0.05) is 25.1 Å². The molecule has 0 spiro atoms. The predicted octanol–water partition coefficient (Wildman–Crippen LogP) is 3.40. The molecule has 1 aliphatic heterocycles. The first-order chi connectivity index (χ1) is 10.4. The molecular formula is C18H19N3. The Morgan fingerprint density at radius 2 is 1.90 bits per heavy atom. The van der Waals surface area contributed by atoms with Gasteiger partial charge in [0.05, 0.1) is 5.52 Å². The summed E-state index contributed by atoms with van der Waals surface area (Å²) in [7, 11) is 0. The second-order valence-electron chi connectivity index (χ2n) is 5.60. The van der Waals surface area contributed by atoms with Gasteiger partial charge >= 0.3 is 0 Å². The van der Waals surface area contributed by atoms with Gasteiger partial charge < -0.3 is 4.57 Å². The number of aromatic nitrogens is 2. The molecule has 1 aromatic carbocycles. The molecule has 0 amide bonds. The van der Waals surface area contributed by atoms with Crippen LogP contribution < -0.4 is 0 Å². The van der Waals surface area contributed by atoms with Crippen molar-refractivity contribution in [2.45, 2.75) is 19.9 Å². The molecule has 3 heterocycles. The number of benzene rings is 1. The molecule has 0 saturated carbocycles. The number of para-hydroxylation sites is 1. The smallest absolute Gasteiger partial charge is 0.0534 e. The quantitative estimate of drug-likeness (QED) is 0.716. The Morgan fingerprint density at radius 1 is 1.10 bits per heavy atom. The molecular weight excluding hydrogens is 258 g/mol. The van der Waals surface area contributed by atoms with E-state index in [2.05, 4.69) is 57.8 Å². The Bertz CT molecular complexity index is 774. The van der Waals surface area contributed by atoms with E-state index in [1.807, 2.05) is 12.4 Å². The second kappa shape index (κ2) is 5.01. The maximum Gasteiger partial charge on any atom is 0.0534 e. The Labute approximate surface area is 124 Å². The van der Waals surface area contributed by atoms with E-state index in [0.29, 0.717) is 0 Å². The van der Waals surface area contributed by atoms with Gasteiger partial charge in [0, 0.05) is 48.7 Å². The number of nitrogens with zero attached hydrogens (tertiary/aromatic N) is 3. The molecule has 0 unspecified atom stereocenters. The molecule has 0 N–H and O–H groups in total. The zero-order valence-corrected chi connectivity index (χ0v) is 12.3. The minimum atomic E-state index is 1.06. The lowest BCUT2D eigenvalue weighted by atomic mass is 10.0. The van der Waals surface area contributed by atoms with Crippen molar-refractivity contribution in [1.82, 2.24) is 14.5 Å². The van der Waals surface area contributed by atoms with Crippen molar-refractivity contribution < 1.29 is 0 Å². The molecule has 0 radical (unpaired) electrons. The minimum Gasteiger partial charge on any atom is -0.313 e. The Morgan fingerprint density at radius 3 is 2.71 bits per heavy atom. The van der Waals surface area contributed by atoms with Crippen LogP contribution in [0.4, 0.5) is 0 Å². The summed E-state index contributed by atoms with van der Waals surface area (Å²) < 4.78 is 2.42. The fraction of sp³-hybridized carbons (Fsp3) is 0.278. The van der Waals surface area contributed by atoms with Crippen LogP contribution in [0.5, 0.6) is 0 Å². The van der Waals surface area contributed by atoms with E-state index < -0.39 is 0 Å². The number of likely N-dealkylation sites (N-methyl/N-ethyl adjacent to an activating group) is 1. The molecule has 1 aliphatic rings. The second-order valence-corrected chi connectivity index (χ2v) is 5.60. The SMILES string of the molecule is CCN1CCc2c(c3ccccc3n2-c2ccncc2)C1. The Hall–Kier alpha value is -2.13. The molecule has 3 heteroatoms. The van der Waals surface area contributed by atoms with Crippen molar-refractivity contribution in [3.8, 4) is 5.69 Å². The summed E-state index contributed by atoms with van der Waals surface area (Å²) in [4.78, 5) is 6.67. The van der Waals surface area contributed by atoms with Crippen molar-refractivity contribution in [3.63, 3.8) is 0 Å². The minimum absolute atomic E-state index is 1.06. The van der Waals surface area contributed by atoms with Crippen LogP contribution in [0.25, 0.3) is 16.6 Å². The zero-order chi connectivity index (χ0) is 14.2. The molecule has 0 bridgehead atoms. The fourth-order valence-electron chi connectivity index (χ4n) is 3.42. The molecule has 3 aromatic rings. The summed E-state index contributed by atoms with van der Waals surface area (Å²) in [5.74, 6) is 0. The van der Waals surface area contributed by atoms with E-state index in [-0.39, 0.29) is 0 Å². The van der Waals surface area contributed by atoms with Crippen molar-refractivity contribution in [3.05, 3.63) is 60.0 Å². The van der Waals surface area contributed by atoms with Gasteiger partial charge in [-0.05, 0) is 30.3 Å². The molecule has 0 fully saturated rings. The standard InChI is InChI=1S/C18H19N3/c1-2-20-12-9-18-16(13-20)15-5-3-4-6-17(15)21(18)14-7-10-19-11-8-14/h3-8,10-11H,2,9,12-13H2,1H3. The summed E-state index contributed by atoms with van der Waals surface area (Å²) in [5.41, 5.74) is 5.49. The average Bonchev–Trinajstić information content (AvgIpc) is 2.89. The summed E-state index contributed by atoms with van der Waals surface area (Å²) in [6.07, 6.45) is 4.86. The van der Waals surface area contributed by atoms with Crippen LogP contribution >= 0.6 is 0 Å². The van der Waals surface area contributed by atoms with Crippen LogP contribution in [0.15, 0.2) is 48.8 Å². The third-order valence-electron chi connectivity index (χ3n) is 4.50. The number of pyridine rings is 1. The lowest BCUT2D eigenvalue weighted by molar-refractivity contribution is 0.267. The molecule has 3 nitrogen and oxygen atoms in total. The molecule has 2 aromatic heterocycles. The van der Waals surface area contributed by atoms with Crippen LogP contribution in [0.3, 0.4) is 0 Å². The number of rotatable bonds is 2. The highest BCUT2D eigenvalue weighted by atomic mass is 15.1. The highest BCUT2D eigenvalue weighted by Gasteiger charge is 2.23.